The summed E-state index contributed by atoms with van der Waals surface area (Å²) >= 11 is 0. The number of methoxy groups -OCH3 is 2. The molecule has 28 heavy (non-hydrogen) atoms. The van der Waals surface area contributed by atoms with Crippen molar-refractivity contribution in [1.29, 1.82) is 0 Å². The predicted octanol–water partition coefficient (Wildman–Crippen LogP) is 2.29. The summed E-state index contributed by atoms with van der Waals surface area (Å²) in [5.74, 6) is -0.331. The lowest BCUT2D eigenvalue weighted by molar-refractivity contribution is -0.141. The molecule has 8 heteroatoms. The van der Waals surface area contributed by atoms with Gasteiger partial charge in [-0.3, -0.25) is 24.8 Å². The molecule has 2 aliphatic carbocycles. The second-order valence-corrected chi connectivity index (χ2v) is 7.54. The zero-order valence-corrected chi connectivity index (χ0v) is 15.9. The number of carbonyl (C=O) groups is 3. The molecular weight excluding hydrogens is 362 g/mol. The smallest absolute Gasteiger partial charge is 0.331 e. The maximum absolute atomic E-state index is 13.0. The number of amides is 4. The number of barbiturate groups is 1. The number of nitrogens with zero attached hydrogens (tertiary/aromatic N) is 2. The molecule has 4 atom stereocenters. The molecule has 1 aliphatic heterocycles. The van der Waals surface area contributed by atoms with Gasteiger partial charge in [0.1, 0.15) is 17.2 Å². The van der Waals surface area contributed by atoms with Gasteiger partial charge in [0.25, 0.3) is 0 Å². The van der Waals surface area contributed by atoms with E-state index in [1.807, 2.05) is 0 Å². The summed E-state index contributed by atoms with van der Waals surface area (Å²) in [5.41, 5.74) is 0.436. The molecule has 8 nitrogen and oxygen atoms in total. The molecule has 1 aromatic carbocycles. The molecule has 3 fully saturated rings. The molecule has 148 valence electrons. The van der Waals surface area contributed by atoms with E-state index in [0.29, 0.717) is 29.0 Å². The Kier molecular flexibility index (Phi) is 4.78. The Hall–Kier alpha value is -2.90. The molecule has 2 bridgehead atoms. The zero-order valence-electron chi connectivity index (χ0n) is 15.9. The molecule has 0 aromatic heterocycles. The Morgan fingerprint density at radius 3 is 2.61 bits per heavy atom. The Bertz CT molecular complexity index is 852. The fourth-order valence-electron chi connectivity index (χ4n) is 4.63. The van der Waals surface area contributed by atoms with Crippen LogP contribution in [0.15, 0.2) is 23.2 Å². The van der Waals surface area contributed by atoms with Gasteiger partial charge in [-0.05, 0) is 43.2 Å². The van der Waals surface area contributed by atoms with Crippen LogP contribution in [0.5, 0.6) is 11.5 Å². The van der Waals surface area contributed by atoms with Crippen LogP contribution in [0, 0.1) is 17.8 Å². The van der Waals surface area contributed by atoms with Crippen molar-refractivity contribution in [3.8, 4) is 11.5 Å². The average molecular weight is 385 g/mol. The maximum atomic E-state index is 13.0. The largest absolute Gasteiger partial charge is 0.497 e. The molecular formula is C20H23N3O5. The first-order chi connectivity index (χ1) is 13.5. The number of rotatable bonds is 5. The van der Waals surface area contributed by atoms with Crippen molar-refractivity contribution in [3.05, 3.63) is 18.2 Å². The topological polar surface area (TPSA) is 97.3 Å². The number of imide groups is 2. The van der Waals surface area contributed by atoms with Gasteiger partial charge in [0, 0.05) is 18.3 Å². The van der Waals surface area contributed by atoms with E-state index in [1.165, 1.54) is 25.3 Å². The average Bonchev–Trinajstić information content (AvgIpc) is 3.31. The Morgan fingerprint density at radius 2 is 1.96 bits per heavy atom. The summed E-state index contributed by atoms with van der Waals surface area (Å²) in [4.78, 5) is 43.2. The van der Waals surface area contributed by atoms with Crippen LogP contribution in [0.4, 0.5) is 10.5 Å². The van der Waals surface area contributed by atoms with Gasteiger partial charge >= 0.3 is 6.03 Å². The van der Waals surface area contributed by atoms with E-state index >= 15 is 0 Å². The summed E-state index contributed by atoms with van der Waals surface area (Å²) in [6.07, 6.45) is 5.34. The van der Waals surface area contributed by atoms with Crippen molar-refractivity contribution in [2.24, 2.45) is 22.7 Å². The minimum atomic E-state index is -1.15. The van der Waals surface area contributed by atoms with Crippen LogP contribution in [0.2, 0.25) is 0 Å². The molecule has 1 heterocycles. The highest BCUT2D eigenvalue weighted by molar-refractivity contribution is 6.23. The molecule has 2 saturated carbocycles. The van der Waals surface area contributed by atoms with Gasteiger partial charge in [-0.15, -0.1) is 0 Å². The van der Waals surface area contributed by atoms with Crippen LogP contribution < -0.4 is 14.8 Å². The van der Waals surface area contributed by atoms with Gasteiger partial charge < -0.3 is 9.47 Å². The van der Waals surface area contributed by atoms with E-state index in [-0.39, 0.29) is 6.04 Å². The summed E-state index contributed by atoms with van der Waals surface area (Å²) in [6, 6.07) is 4.34. The van der Waals surface area contributed by atoms with E-state index in [1.54, 1.807) is 18.2 Å². The molecule has 0 unspecified atom stereocenters. The summed E-state index contributed by atoms with van der Waals surface area (Å²) < 4.78 is 10.5. The quantitative estimate of drug-likeness (QED) is 0.620. The van der Waals surface area contributed by atoms with Gasteiger partial charge in [0.2, 0.25) is 11.8 Å². The van der Waals surface area contributed by atoms with E-state index < -0.39 is 23.8 Å². The lowest BCUT2D eigenvalue weighted by Crippen LogP contribution is -2.62. The van der Waals surface area contributed by atoms with Crippen LogP contribution in [0.3, 0.4) is 0 Å². The van der Waals surface area contributed by atoms with Gasteiger partial charge in [-0.1, -0.05) is 6.42 Å². The first kappa shape index (κ1) is 18.5. The van der Waals surface area contributed by atoms with Crippen molar-refractivity contribution < 1.29 is 23.9 Å². The van der Waals surface area contributed by atoms with Gasteiger partial charge in [-0.25, -0.2) is 4.79 Å². The minimum Gasteiger partial charge on any atom is -0.497 e. The van der Waals surface area contributed by atoms with Crippen molar-refractivity contribution in [2.75, 3.05) is 14.2 Å². The molecule has 1 N–H and O–H groups in total. The maximum Gasteiger partial charge on any atom is 0.331 e. The normalized spacial score (nSPS) is 29.5. The molecule has 1 saturated heterocycles. The zero-order chi connectivity index (χ0) is 19.8. The number of carbonyl (C=O) groups excluding carboxylic acids is 3. The lowest BCUT2D eigenvalue weighted by Gasteiger charge is -2.36. The van der Waals surface area contributed by atoms with E-state index in [2.05, 4.69) is 10.3 Å². The van der Waals surface area contributed by atoms with Crippen LogP contribution in [-0.2, 0) is 9.59 Å². The number of hydrogen-bond donors (Lipinski definition) is 1. The van der Waals surface area contributed by atoms with E-state index in [0.717, 1.165) is 25.7 Å². The van der Waals surface area contributed by atoms with Crippen LogP contribution in [0.1, 0.15) is 25.7 Å². The second-order valence-electron chi connectivity index (χ2n) is 7.54. The minimum absolute atomic E-state index is 0.124. The molecule has 4 amide bonds. The molecule has 3 aliphatic rings. The second kappa shape index (κ2) is 7.26. The highest BCUT2D eigenvalue weighted by Crippen LogP contribution is 2.47. The van der Waals surface area contributed by atoms with Crippen LogP contribution in [-0.4, -0.2) is 49.2 Å². The fraction of sp³-hybridized carbons (Fsp3) is 0.500. The summed E-state index contributed by atoms with van der Waals surface area (Å²) in [5, 5.41) is 2.31. The Labute approximate surface area is 162 Å². The van der Waals surface area contributed by atoms with Crippen molar-refractivity contribution in [2.45, 2.75) is 31.7 Å². The molecule has 0 radical (unpaired) electrons. The first-order valence-electron chi connectivity index (χ1n) is 9.46. The third kappa shape index (κ3) is 3.12. The first-order valence-corrected chi connectivity index (χ1v) is 9.46. The van der Waals surface area contributed by atoms with Gasteiger partial charge in [0.05, 0.1) is 14.2 Å². The SMILES string of the molecule is COc1ccc(OC)c(N=C[C@@H]2C(=O)NC(=O)N([C@H]3C[C@H]4CC[C@H]3C4)C2=O)c1. The number of fused-ring (bicyclic) bond motifs is 2. The molecule has 0 spiro atoms. The van der Waals surface area contributed by atoms with E-state index in [4.69, 9.17) is 9.47 Å². The van der Waals surface area contributed by atoms with Crippen molar-refractivity contribution >= 4 is 29.7 Å². The third-order valence-electron chi connectivity index (χ3n) is 6.02. The van der Waals surface area contributed by atoms with E-state index in [9.17, 15) is 14.4 Å². The fourth-order valence-corrected chi connectivity index (χ4v) is 4.63. The molecule has 1 aromatic rings. The number of hydrogen-bond acceptors (Lipinski definition) is 6. The Balaban J connectivity index is 1.58. The predicted molar refractivity (Wildman–Crippen MR) is 101 cm³/mol. The Morgan fingerprint density at radius 1 is 1.14 bits per heavy atom. The van der Waals surface area contributed by atoms with Crippen molar-refractivity contribution in [1.82, 2.24) is 10.2 Å². The van der Waals surface area contributed by atoms with Crippen LogP contribution >= 0.6 is 0 Å². The highest BCUT2D eigenvalue weighted by Gasteiger charge is 2.50. The third-order valence-corrected chi connectivity index (χ3v) is 6.02. The molecule has 4 rings (SSSR count). The number of ether oxygens (including phenoxy) is 2. The number of benzene rings is 1. The van der Waals surface area contributed by atoms with Crippen LogP contribution in [0.25, 0.3) is 0 Å². The summed E-state index contributed by atoms with van der Waals surface area (Å²) in [7, 11) is 3.04. The lowest BCUT2D eigenvalue weighted by atomic mass is 9.92. The number of aliphatic imine (C=N–C) groups is 1. The number of nitrogens with one attached hydrogen (secondary N) is 1. The standard InChI is InChI=1S/C20H23N3O5/c1-27-13-5-6-17(28-2)15(9-13)21-10-14-18(24)22-20(26)23(19(14)25)16-8-11-3-4-12(16)7-11/h5-6,9-12,14,16H,3-4,7-8H2,1-2H3,(H,22,24,26)/t11-,12-,14+,16-/m0/s1. The van der Waals surface area contributed by atoms with Crippen molar-refractivity contribution in [3.63, 3.8) is 0 Å². The van der Waals surface area contributed by atoms with Gasteiger partial charge in [0.15, 0.2) is 5.92 Å². The van der Waals surface area contributed by atoms with Gasteiger partial charge in [-0.2, -0.15) is 0 Å². The monoisotopic (exact) mass is 385 g/mol. The number of urea groups is 1. The summed E-state index contributed by atoms with van der Waals surface area (Å²) in [6.45, 7) is 0. The highest BCUT2D eigenvalue weighted by atomic mass is 16.5.